The fraction of sp³-hybridized carbons (Fsp3) is 0.0588. The molecule has 0 fully saturated rings. The minimum atomic E-state index is -0.321. The average molecular weight is 291 g/mol. The predicted octanol–water partition coefficient (Wildman–Crippen LogP) is 2.82. The molecule has 1 heterocycles. The van der Waals surface area contributed by atoms with Gasteiger partial charge >= 0.3 is 0 Å². The molecule has 3 N–H and O–H groups in total. The number of fused-ring (bicyclic) bond motifs is 1. The number of furan rings is 1. The highest BCUT2D eigenvalue weighted by Gasteiger charge is 2.13. The lowest BCUT2D eigenvalue weighted by molar-refractivity contribution is 0.0925. The highest BCUT2D eigenvalue weighted by Crippen LogP contribution is 2.24. The Labute approximate surface area is 127 Å². The molecular weight excluding hydrogens is 278 g/mol. The Morgan fingerprint density at radius 2 is 2.05 bits per heavy atom. The summed E-state index contributed by atoms with van der Waals surface area (Å²) in [5.74, 6) is -0.109. The number of nitriles is 1. The molecule has 0 spiro atoms. The summed E-state index contributed by atoms with van der Waals surface area (Å²) < 4.78 is 5.50. The lowest BCUT2D eigenvalue weighted by Gasteiger charge is -2.03. The van der Waals surface area contributed by atoms with Gasteiger partial charge in [-0.05, 0) is 29.8 Å². The molecule has 2 aromatic carbocycles. The molecule has 0 saturated heterocycles. The number of nitrogens with zero attached hydrogens (tertiary/aromatic N) is 1. The molecule has 5 nitrogen and oxygen atoms in total. The fourth-order valence-corrected chi connectivity index (χ4v) is 2.22. The SMILES string of the molecule is N#Cc1cccc(CNC(=O)c2cc3cccc(N)c3o2)c1. The first-order valence-corrected chi connectivity index (χ1v) is 6.72. The van der Waals surface area contributed by atoms with Crippen LogP contribution >= 0.6 is 0 Å². The van der Waals surface area contributed by atoms with Gasteiger partial charge in [0, 0.05) is 11.9 Å². The van der Waals surface area contributed by atoms with E-state index in [9.17, 15) is 4.79 Å². The maximum Gasteiger partial charge on any atom is 0.287 e. The summed E-state index contributed by atoms with van der Waals surface area (Å²) in [6.07, 6.45) is 0. The molecule has 22 heavy (non-hydrogen) atoms. The van der Waals surface area contributed by atoms with E-state index in [1.54, 1.807) is 30.3 Å². The number of carbonyl (C=O) groups excluding carboxylic acids is 1. The zero-order valence-corrected chi connectivity index (χ0v) is 11.7. The Morgan fingerprint density at radius 3 is 2.82 bits per heavy atom. The summed E-state index contributed by atoms with van der Waals surface area (Å²) in [5.41, 5.74) is 8.23. The topological polar surface area (TPSA) is 92.0 Å². The van der Waals surface area contributed by atoms with Crippen LogP contribution < -0.4 is 11.1 Å². The summed E-state index contributed by atoms with van der Waals surface area (Å²) in [7, 11) is 0. The Hall–Kier alpha value is -3.26. The van der Waals surface area contributed by atoms with Crippen LogP contribution in [0.25, 0.3) is 11.0 Å². The monoisotopic (exact) mass is 291 g/mol. The molecule has 3 aromatic rings. The molecule has 1 amide bonds. The average Bonchev–Trinajstić information content (AvgIpc) is 2.98. The standard InChI is InChI=1S/C17H13N3O2/c18-9-11-3-1-4-12(7-11)10-20-17(21)15-8-13-5-2-6-14(19)16(13)22-15/h1-8H,10,19H2,(H,20,21). The van der Waals surface area contributed by atoms with Crippen molar-refractivity contribution in [3.05, 3.63) is 65.4 Å². The zero-order valence-electron chi connectivity index (χ0n) is 11.7. The summed E-state index contributed by atoms with van der Waals surface area (Å²) >= 11 is 0. The van der Waals surface area contributed by atoms with Crippen molar-refractivity contribution in [3.8, 4) is 6.07 Å². The Morgan fingerprint density at radius 1 is 1.23 bits per heavy atom. The lowest BCUT2D eigenvalue weighted by atomic mass is 10.1. The van der Waals surface area contributed by atoms with Crippen molar-refractivity contribution < 1.29 is 9.21 Å². The third kappa shape index (κ3) is 2.63. The number of amides is 1. The number of anilines is 1. The van der Waals surface area contributed by atoms with Gasteiger partial charge in [0.05, 0.1) is 17.3 Å². The van der Waals surface area contributed by atoms with Crippen molar-refractivity contribution in [3.63, 3.8) is 0 Å². The number of rotatable bonds is 3. The molecule has 0 aliphatic heterocycles. The fourth-order valence-electron chi connectivity index (χ4n) is 2.22. The highest BCUT2D eigenvalue weighted by molar-refractivity contribution is 5.98. The molecule has 0 saturated carbocycles. The first kappa shape index (κ1) is 13.7. The van der Waals surface area contributed by atoms with Crippen LogP contribution in [-0.4, -0.2) is 5.91 Å². The first-order valence-electron chi connectivity index (χ1n) is 6.72. The summed E-state index contributed by atoms with van der Waals surface area (Å²) in [6, 6.07) is 16.2. The van der Waals surface area contributed by atoms with Gasteiger partial charge in [-0.1, -0.05) is 24.3 Å². The number of nitrogens with two attached hydrogens (primary N) is 1. The van der Waals surface area contributed by atoms with Crippen LogP contribution in [-0.2, 0) is 6.54 Å². The van der Waals surface area contributed by atoms with E-state index in [-0.39, 0.29) is 11.7 Å². The van der Waals surface area contributed by atoms with E-state index in [1.807, 2.05) is 18.2 Å². The number of nitrogen functional groups attached to an aromatic ring is 1. The Bertz CT molecular complexity index is 890. The van der Waals surface area contributed by atoms with Gasteiger partial charge in [-0.2, -0.15) is 5.26 Å². The summed E-state index contributed by atoms with van der Waals surface area (Å²) in [4.78, 5) is 12.1. The molecule has 5 heteroatoms. The van der Waals surface area contributed by atoms with Gasteiger partial charge in [-0.25, -0.2) is 0 Å². The van der Waals surface area contributed by atoms with E-state index in [1.165, 1.54) is 0 Å². The quantitative estimate of drug-likeness (QED) is 0.726. The number of para-hydroxylation sites is 1. The van der Waals surface area contributed by atoms with Crippen molar-refractivity contribution >= 4 is 22.6 Å². The third-order valence-electron chi connectivity index (χ3n) is 3.31. The molecule has 0 aliphatic rings. The van der Waals surface area contributed by atoms with Crippen LogP contribution in [0.5, 0.6) is 0 Å². The second-order valence-corrected chi connectivity index (χ2v) is 4.87. The Kier molecular flexibility index (Phi) is 3.50. The second kappa shape index (κ2) is 5.62. The largest absolute Gasteiger partial charge is 0.449 e. The lowest BCUT2D eigenvalue weighted by Crippen LogP contribution is -2.22. The Balaban J connectivity index is 1.76. The van der Waals surface area contributed by atoms with Gasteiger partial charge in [0.2, 0.25) is 0 Å². The van der Waals surface area contributed by atoms with Crippen molar-refractivity contribution in [1.82, 2.24) is 5.32 Å². The number of benzene rings is 2. The zero-order chi connectivity index (χ0) is 15.5. The molecule has 3 rings (SSSR count). The van der Waals surface area contributed by atoms with Gasteiger partial charge < -0.3 is 15.5 Å². The molecule has 108 valence electrons. The van der Waals surface area contributed by atoms with E-state index in [2.05, 4.69) is 11.4 Å². The minimum absolute atomic E-state index is 0.212. The van der Waals surface area contributed by atoms with Crippen LogP contribution in [0.15, 0.2) is 52.9 Å². The third-order valence-corrected chi connectivity index (χ3v) is 3.31. The number of nitrogens with one attached hydrogen (secondary N) is 1. The van der Waals surface area contributed by atoms with E-state index in [4.69, 9.17) is 15.4 Å². The van der Waals surface area contributed by atoms with Crippen molar-refractivity contribution in [2.75, 3.05) is 5.73 Å². The first-order chi connectivity index (χ1) is 10.7. The molecule has 0 bridgehead atoms. The van der Waals surface area contributed by atoms with Gasteiger partial charge in [-0.15, -0.1) is 0 Å². The smallest absolute Gasteiger partial charge is 0.287 e. The summed E-state index contributed by atoms with van der Waals surface area (Å²) in [5, 5.41) is 12.4. The van der Waals surface area contributed by atoms with E-state index >= 15 is 0 Å². The van der Waals surface area contributed by atoms with Crippen molar-refractivity contribution in [2.24, 2.45) is 0 Å². The number of hydrogen-bond acceptors (Lipinski definition) is 4. The molecular formula is C17H13N3O2. The van der Waals surface area contributed by atoms with Crippen LogP contribution in [0.2, 0.25) is 0 Å². The van der Waals surface area contributed by atoms with Gasteiger partial charge in [0.25, 0.3) is 5.91 Å². The normalized spacial score (nSPS) is 10.3. The maximum absolute atomic E-state index is 12.1. The van der Waals surface area contributed by atoms with Gasteiger partial charge in [0.15, 0.2) is 11.3 Å². The predicted molar refractivity (Wildman–Crippen MR) is 83.0 cm³/mol. The molecule has 0 radical (unpaired) electrons. The molecule has 0 unspecified atom stereocenters. The molecule has 0 aliphatic carbocycles. The molecule has 1 aromatic heterocycles. The molecule has 0 atom stereocenters. The van der Waals surface area contributed by atoms with Crippen LogP contribution in [0.1, 0.15) is 21.7 Å². The van der Waals surface area contributed by atoms with Crippen LogP contribution in [0.3, 0.4) is 0 Å². The maximum atomic E-state index is 12.1. The van der Waals surface area contributed by atoms with E-state index < -0.39 is 0 Å². The number of carbonyl (C=O) groups is 1. The van der Waals surface area contributed by atoms with E-state index in [0.29, 0.717) is 23.4 Å². The highest BCUT2D eigenvalue weighted by atomic mass is 16.3. The minimum Gasteiger partial charge on any atom is -0.449 e. The van der Waals surface area contributed by atoms with Crippen LogP contribution in [0, 0.1) is 11.3 Å². The van der Waals surface area contributed by atoms with Crippen molar-refractivity contribution in [2.45, 2.75) is 6.54 Å². The summed E-state index contributed by atoms with van der Waals surface area (Å²) in [6.45, 7) is 0.320. The number of hydrogen-bond donors (Lipinski definition) is 2. The second-order valence-electron chi connectivity index (χ2n) is 4.87. The van der Waals surface area contributed by atoms with Crippen molar-refractivity contribution in [1.29, 1.82) is 5.26 Å². The van der Waals surface area contributed by atoms with Gasteiger partial charge in [-0.3, -0.25) is 4.79 Å². The van der Waals surface area contributed by atoms with Crippen LogP contribution in [0.4, 0.5) is 5.69 Å². The van der Waals surface area contributed by atoms with E-state index in [0.717, 1.165) is 10.9 Å². The van der Waals surface area contributed by atoms with Gasteiger partial charge in [0.1, 0.15) is 0 Å².